The Labute approximate surface area is 285 Å². The van der Waals surface area contributed by atoms with Crippen molar-refractivity contribution >= 4 is 32.6 Å². The summed E-state index contributed by atoms with van der Waals surface area (Å²) in [5, 5.41) is 4.69. The summed E-state index contributed by atoms with van der Waals surface area (Å²) in [6.45, 7) is 0. The summed E-state index contributed by atoms with van der Waals surface area (Å²) in [5.41, 5.74) is 12.9. The lowest BCUT2D eigenvalue weighted by atomic mass is 9.67. The van der Waals surface area contributed by atoms with E-state index in [0.717, 1.165) is 44.3 Å². The molecule has 228 valence electrons. The van der Waals surface area contributed by atoms with Crippen molar-refractivity contribution in [2.45, 2.75) is 5.41 Å². The number of hydrogen-bond acceptors (Lipinski definition) is 2. The van der Waals surface area contributed by atoms with Gasteiger partial charge in [0.15, 0.2) is 0 Å². The summed E-state index contributed by atoms with van der Waals surface area (Å²) in [7, 11) is 0. The summed E-state index contributed by atoms with van der Waals surface area (Å²) in [6.07, 6.45) is 0. The molecule has 0 bridgehead atoms. The molecule has 0 aliphatic heterocycles. The molecule has 0 atom stereocenters. The summed E-state index contributed by atoms with van der Waals surface area (Å²) in [6, 6.07) is 65.5. The smallest absolute Gasteiger partial charge is 0.0973 e. The third-order valence-corrected chi connectivity index (χ3v) is 10.3. The predicted octanol–water partition coefficient (Wildman–Crippen LogP) is 11.6. The molecular weight excluding hydrogens is 593 g/mol. The average molecular weight is 623 g/mol. The molecule has 2 nitrogen and oxygen atoms in total. The van der Waals surface area contributed by atoms with E-state index < -0.39 is 5.41 Å². The highest BCUT2D eigenvalue weighted by Crippen LogP contribution is 2.57. The van der Waals surface area contributed by atoms with Crippen LogP contribution in [0.5, 0.6) is 0 Å². The average Bonchev–Trinajstić information content (AvgIpc) is 3.50. The molecule has 0 radical (unpaired) electrons. The Hall–Kier alpha value is -6.38. The lowest BCUT2D eigenvalue weighted by molar-refractivity contribution is 0.769. The predicted molar refractivity (Wildman–Crippen MR) is 203 cm³/mol. The van der Waals surface area contributed by atoms with Crippen molar-refractivity contribution in [1.82, 2.24) is 9.97 Å². The van der Waals surface area contributed by atoms with E-state index in [1.54, 1.807) is 0 Å². The van der Waals surface area contributed by atoms with Gasteiger partial charge in [0.25, 0.3) is 0 Å². The van der Waals surface area contributed by atoms with Crippen LogP contribution in [-0.2, 0) is 5.41 Å². The first-order chi connectivity index (χ1) is 24.3. The molecule has 9 aromatic rings. The van der Waals surface area contributed by atoms with E-state index in [-0.39, 0.29) is 0 Å². The molecule has 10 rings (SSSR count). The minimum atomic E-state index is -0.449. The maximum atomic E-state index is 5.46. The molecule has 0 fully saturated rings. The molecule has 0 amide bonds. The first kappa shape index (κ1) is 27.7. The van der Waals surface area contributed by atoms with Crippen LogP contribution < -0.4 is 0 Å². The molecule has 49 heavy (non-hydrogen) atoms. The van der Waals surface area contributed by atoms with E-state index in [1.807, 2.05) is 6.07 Å². The summed E-state index contributed by atoms with van der Waals surface area (Å²) < 4.78 is 0. The number of rotatable bonds is 4. The minimum Gasteiger partial charge on any atom is -0.244 e. The number of benzene rings is 8. The number of aromatic nitrogens is 2. The van der Waals surface area contributed by atoms with E-state index in [0.29, 0.717) is 0 Å². The molecule has 1 aromatic heterocycles. The molecule has 1 aliphatic rings. The topological polar surface area (TPSA) is 25.8 Å². The lowest BCUT2D eigenvalue weighted by Gasteiger charge is -2.33. The van der Waals surface area contributed by atoms with Gasteiger partial charge >= 0.3 is 0 Å². The Kier molecular flexibility index (Phi) is 6.13. The fourth-order valence-electron chi connectivity index (χ4n) is 8.20. The largest absolute Gasteiger partial charge is 0.244 e. The van der Waals surface area contributed by atoms with Gasteiger partial charge in [-0.3, -0.25) is 0 Å². The number of nitrogens with zero attached hydrogens (tertiary/aromatic N) is 2. The summed E-state index contributed by atoms with van der Waals surface area (Å²) in [5.74, 6) is 0. The summed E-state index contributed by atoms with van der Waals surface area (Å²) >= 11 is 0. The maximum absolute atomic E-state index is 5.46. The van der Waals surface area contributed by atoms with Crippen molar-refractivity contribution in [3.05, 3.63) is 204 Å². The highest BCUT2D eigenvalue weighted by atomic mass is 14.8. The minimum absolute atomic E-state index is 0.449. The monoisotopic (exact) mass is 622 g/mol. The molecule has 0 spiro atoms. The van der Waals surface area contributed by atoms with Crippen molar-refractivity contribution in [1.29, 1.82) is 0 Å². The van der Waals surface area contributed by atoms with E-state index in [2.05, 4.69) is 176 Å². The molecule has 0 saturated heterocycles. The van der Waals surface area contributed by atoms with Crippen LogP contribution >= 0.6 is 0 Å². The third kappa shape index (κ3) is 4.07. The van der Waals surface area contributed by atoms with E-state index in [4.69, 9.17) is 9.97 Å². The maximum Gasteiger partial charge on any atom is 0.0973 e. The van der Waals surface area contributed by atoms with Crippen LogP contribution in [0.3, 0.4) is 0 Å². The molecule has 1 heterocycles. The fraction of sp³-hybridized carbons (Fsp3) is 0.0213. The van der Waals surface area contributed by atoms with Crippen molar-refractivity contribution in [2.24, 2.45) is 0 Å². The van der Waals surface area contributed by atoms with Crippen molar-refractivity contribution in [3.8, 4) is 33.6 Å². The Morgan fingerprint density at radius 1 is 0.388 bits per heavy atom. The van der Waals surface area contributed by atoms with Crippen LogP contribution in [0.25, 0.3) is 66.2 Å². The third-order valence-electron chi connectivity index (χ3n) is 10.3. The van der Waals surface area contributed by atoms with Gasteiger partial charge in [-0.15, -0.1) is 0 Å². The molecule has 2 heteroatoms. The second-order valence-electron chi connectivity index (χ2n) is 12.9. The van der Waals surface area contributed by atoms with Gasteiger partial charge in [-0.25, -0.2) is 9.97 Å². The van der Waals surface area contributed by atoms with Gasteiger partial charge in [0.1, 0.15) is 0 Å². The van der Waals surface area contributed by atoms with Gasteiger partial charge in [-0.2, -0.15) is 0 Å². The van der Waals surface area contributed by atoms with Crippen LogP contribution in [0.4, 0.5) is 0 Å². The normalized spacial score (nSPS) is 13.1. The van der Waals surface area contributed by atoms with Crippen molar-refractivity contribution in [2.75, 3.05) is 0 Å². The quantitative estimate of drug-likeness (QED) is 0.183. The highest BCUT2D eigenvalue weighted by Gasteiger charge is 2.46. The molecule has 0 saturated carbocycles. The molecule has 8 aromatic carbocycles. The van der Waals surface area contributed by atoms with Crippen LogP contribution in [0.15, 0.2) is 182 Å². The number of hydrogen-bond donors (Lipinski definition) is 0. The highest BCUT2D eigenvalue weighted by molar-refractivity contribution is 6.08. The van der Waals surface area contributed by atoms with Gasteiger partial charge in [0, 0.05) is 16.5 Å². The first-order valence-corrected chi connectivity index (χ1v) is 16.8. The molecule has 1 aliphatic carbocycles. The second kappa shape index (κ2) is 10.8. The Balaban J connectivity index is 1.30. The second-order valence-corrected chi connectivity index (χ2v) is 12.9. The molecule has 0 N–H and O–H groups in total. The van der Waals surface area contributed by atoms with Gasteiger partial charge in [0.2, 0.25) is 0 Å². The fourth-order valence-corrected chi connectivity index (χ4v) is 8.20. The zero-order valence-corrected chi connectivity index (χ0v) is 26.7. The van der Waals surface area contributed by atoms with E-state index >= 15 is 0 Å². The lowest BCUT2D eigenvalue weighted by Crippen LogP contribution is -2.28. The van der Waals surface area contributed by atoms with Crippen molar-refractivity contribution in [3.63, 3.8) is 0 Å². The van der Waals surface area contributed by atoms with Crippen LogP contribution in [0.1, 0.15) is 22.3 Å². The van der Waals surface area contributed by atoms with Gasteiger partial charge < -0.3 is 0 Å². The van der Waals surface area contributed by atoms with Crippen molar-refractivity contribution < 1.29 is 0 Å². The molecular formula is C47H30N2. The standard InChI is InChI=1S/C47H30N2/c1-4-15-33(16-5-1)44-45(49-46-37-21-11-10-14-31(37)27-29-42(46)48-44)34-25-24-32-26-28-41-43(39(32)30-34)38-22-12-13-23-40(38)47(41,35-17-6-2-7-18-35)36-19-8-3-9-20-36/h1-30H. The van der Waals surface area contributed by atoms with Crippen LogP contribution in [0.2, 0.25) is 0 Å². The molecule has 0 unspecified atom stereocenters. The van der Waals surface area contributed by atoms with Gasteiger partial charge in [0.05, 0.1) is 27.8 Å². The van der Waals surface area contributed by atoms with Crippen LogP contribution in [0, 0.1) is 0 Å². The Morgan fingerprint density at radius 3 is 1.76 bits per heavy atom. The Morgan fingerprint density at radius 2 is 0.980 bits per heavy atom. The Bertz CT molecular complexity index is 2660. The zero-order valence-electron chi connectivity index (χ0n) is 26.7. The zero-order chi connectivity index (χ0) is 32.4. The van der Waals surface area contributed by atoms with E-state index in [9.17, 15) is 0 Å². The number of fused-ring (bicyclic) bond motifs is 8. The van der Waals surface area contributed by atoms with Gasteiger partial charge in [-0.1, -0.05) is 170 Å². The van der Waals surface area contributed by atoms with Gasteiger partial charge in [-0.05, 0) is 61.7 Å². The van der Waals surface area contributed by atoms with Crippen LogP contribution in [-0.4, -0.2) is 9.97 Å². The first-order valence-electron chi connectivity index (χ1n) is 16.8. The summed E-state index contributed by atoms with van der Waals surface area (Å²) in [4.78, 5) is 10.8. The van der Waals surface area contributed by atoms with E-state index in [1.165, 1.54) is 44.2 Å². The SMILES string of the molecule is c1ccc(-c2nc3ccc4ccccc4c3nc2-c2ccc3ccc4c(c3c2)-c2ccccc2C4(c2ccccc2)c2ccccc2)cc1.